The van der Waals surface area contributed by atoms with E-state index in [1.165, 1.54) is 25.7 Å². The Hall–Kier alpha value is -6.20. The molecule has 27 nitrogen and oxygen atoms in total. The number of nitrogens with two attached hydrogens (primary N) is 4. The molecule has 31 rings (SSSR count). The molecule has 30 fully saturated rings. The van der Waals surface area contributed by atoms with Crippen molar-refractivity contribution in [3.8, 4) is 30.3 Å². The van der Waals surface area contributed by atoms with Crippen molar-refractivity contribution in [2.75, 3.05) is 0 Å². The highest BCUT2D eigenvalue weighted by Crippen LogP contribution is 2.70. The van der Waals surface area contributed by atoms with Gasteiger partial charge in [-0.3, -0.25) is 24.0 Å². The lowest BCUT2D eigenvalue weighted by Gasteiger charge is -2.62. The van der Waals surface area contributed by atoms with E-state index in [1.807, 2.05) is 30.3 Å². The van der Waals surface area contributed by atoms with Gasteiger partial charge in [0.2, 0.25) is 29.5 Å². The van der Waals surface area contributed by atoms with Gasteiger partial charge in [-0.25, -0.2) is 4.79 Å². The second-order valence-electron chi connectivity index (χ2n) is 48.2. The minimum atomic E-state index is -0.770. The molecule has 25 saturated carbocycles. The number of nitrogens with zero attached hydrogens (tertiary/aromatic N) is 10. The van der Waals surface area contributed by atoms with Crippen LogP contribution in [0.1, 0.15) is 262 Å². The predicted octanol–water partition coefficient (Wildman–Crippen LogP) is 9.02. The van der Waals surface area contributed by atoms with E-state index in [0.717, 1.165) is 205 Å². The van der Waals surface area contributed by atoms with E-state index in [0.29, 0.717) is 121 Å². The van der Waals surface area contributed by atoms with Gasteiger partial charge in [-0.05, 0) is 373 Å². The third-order valence-corrected chi connectivity index (χ3v) is 39.0. The van der Waals surface area contributed by atoms with Crippen LogP contribution < -0.4 is 28.3 Å². The molecule has 128 heavy (non-hydrogen) atoms. The second-order valence-corrected chi connectivity index (χ2v) is 48.2. The Morgan fingerprint density at radius 3 is 0.758 bits per heavy atom. The first-order chi connectivity index (χ1) is 59.6. The molecule has 25 aliphatic carbocycles. The maximum Gasteiger partial charge on any atom is 0.408 e. The van der Waals surface area contributed by atoms with Crippen molar-refractivity contribution in [1.29, 1.82) is 26.3 Å². The minimum Gasteiger partial charge on any atom is -0.445 e. The maximum atomic E-state index is 14.0. The highest BCUT2D eigenvalue weighted by Gasteiger charge is 2.71. The number of halogens is 3. The quantitative estimate of drug-likeness (QED) is 0.0880. The summed E-state index contributed by atoms with van der Waals surface area (Å²) >= 11 is 0. The number of ether oxygens (including phenoxy) is 1. The Balaban J connectivity index is 0.000000104. The van der Waals surface area contributed by atoms with Gasteiger partial charge >= 0.3 is 6.09 Å². The summed E-state index contributed by atoms with van der Waals surface area (Å²) in [6, 6.07) is 17.6. The number of rotatable bonds is 13. The topological polar surface area (TPSA) is 464 Å². The summed E-state index contributed by atoms with van der Waals surface area (Å²) in [6.45, 7) is 0.130. The van der Waals surface area contributed by atoms with Crippen LogP contribution in [0.3, 0.4) is 0 Å². The maximum absolute atomic E-state index is 14.0. The second kappa shape index (κ2) is 32.0. The molecule has 694 valence electrons. The van der Waals surface area contributed by atoms with Crippen LogP contribution in [0.4, 0.5) is 4.79 Å². The number of amides is 6. The molecule has 0 spiro atoms. The van der Waals surface area contributed by atoms with Crippen LogP contribution in [-0.4, -0.2) is 204 Å². The zero-order chi connectivity index (χ0) is 86.7. The van der Waals surface area contributed by atoms with Gasteiger partial charge in [-0.2, -0.15) is 26.3 Å². The lowest BCUT2D eigenvalue weighted by Crippen LogP contribution is -2.66. The van der Waals surface area contributed by atoms with Crippen LogP contribution in [0.15, 0.2) is 30.3 Å². The zero-order valence-corrected chi connectivity index (χ0v) is 76.2. The van der Waals surface area contributed by atoms with Gasteiger partial charge in [0.15, 0.2) is 0 Å². The summed E-state index contributed by atoms with van der Waals surface area (Å²) in [5, 5.41) is 105. The standard InChI is InChI=1S/C26H31N3O4.4C18H25N3O2.3ClH/c27-13-20-7-19-8-21(19)29(20)23(30)22(28-24(31)33-14-16-4-2-1-3-5-16)25-9-17-6-18(10-25)12-26(32,11-17)15-25;4*19-8-13-2-12-3-14(12)21(13)16(22)15(20)17-4-10-1-11(5-17)7-18(23,6-10)9-17;;;/h1-5,17-22,32H,6-12,14-15H2,(H,28,31);4*10-15,23H,1-7,9,20H2;3*1H/t17?,18?,19-,20+,21+,22-,25?,26?;4*10?,11?,12-,13+,14+,15-,17?,18?;;;/m11111.../s1. The summed E-state index contributed by atoms with van der Waals surface area (Å²) in [6.07, 6.45) is 35.9. The van der Waals surface area contributed by atoms with E-state index in [4.69, 9.17) is 27.7 Å². The van der Waals surface area contributed by atoms with E-state index >= 15 is 0 Å². The molecular weight excluding hydrogens is 1690 g/mol. The molecule has 5 heterocycles. The summed E-state index contributed by atoms with van der Waals surface area (Å²) in [5.74, 6) is 7.24. The van der Waals surface area contributed by atoms with Crippen molar-refractivity contribution in [1.82, 2.24) is 29.8 Å². The number of nitrogens with one attached hydrogen (secondary N) is 1. The molecular formula is C98H134Cl3N15O12. The van der Waals surface area contributed by atoms with E-state index in [2.05, 4.69) is 35.7 Å². The van der Waals surface area contributed by atoms with Gasteiger partial charge < -0.3 is 83.0 Å². The SMILES string of the molecule is Cl.Cl.Cl.N#C[C@@H]1C[C@@H]2C[C@@H]2N1C(=O)[C@@H](N)C12CC3CC(CC(O)(C3)C1)C2.N#C[C@@H]1C[C@@H]2C[C@@H]2N1C(=O)[C@@H](N)C12CC3CC(CC(O)(C3)C1)C2.N#C[C@@H]1C[C@@H]2C[C@@H]2N1C(=O)[C@@H](N)C12CC3CC(CC(O)(C3)C1)C2.N#C[C@@H]1C[C@@H]2C[C@@H]2N1C(=O)[C@@H](N)C12CC3CC(CC(O)(C3)C1)C2.N#C[C@@H]1C[C@@H]2C[C@@H]2N1C(=O)[C@@H](NC(=O)OCc1ccccc1)C12CC3CC(CC(O)(C3)C1)C2. The number of likely N-dealkylation sites (tertiary alicyclic amines) is 5. The first-order valence-corrected chi connectivity index (χ1v) is 48.8. The molecule has 30 aliphatic rings. The smallest absolute Gasteiger partial charge is 0.408 e. The Morgan fingerprint density at radius 1 is 0.328 bits per heavy atom. The normalized spacial score (nSPS) is 49.1. The van der Waals surface area contributed by atoms with Gasteiger partial charge in [0, 0.05) is 35.6 Å². The van der Waals surface area contributed by atoms with E-state index in [-0.39, 0.29) is 149 Å². The number of hydrogen-bond donors (Lipinski definition) is 10. The Morgan fingerprint density at radius 2 is 0.539 bits per heavy atom. The molecule has 0 radical (unpaired) electrons. The summed E-state index contributed by atoms with van der Waals surface area (Å²) in [7, 11) is 0. The Kier molecular flexibility index (Phi) is 22.7. The number of alkyl carbamates (subject to hydrolysis) is 1. The molecule has 0 aromatic heterocycles. The molecule has 5 aliphatic heterocycles. The van der Waals surface area contributed by atoms with Crippen molar-refractivity contribution >= 4 is 72.9 Å². The third kappa shape index (κ3) is 15.5. The Bertz CT molecular complexity index is 4320. The summed E-state index contributed by atoms with van der Waals surface area (Å²) < 4.78 is 5.50. The first kappa shape index (κ1) is 90.9. The fourth-order valence-corrected chi connectivity index (χ4v) is 35.9. The molecule has 6 amide bonds. The number of hydrogen-bond acceptors (Lipinski definition) is 21. The minimum absolute atomic E-state index is 0. The molecule has 10 unspecified atom stereocenters. The van der Waals surface area contributed by atoms with Crippen LogP contribution >= 0.6 is 37.2 Å². The molecule has 30 heteroatoms. The van der Waals surface area contributed by atoms with Crippen LogP contribution in [0, 0.1) is 172 Å². The lowest BCUT2D eigenvalue weighted by atomic mass is 9.46. The highest BCUT2D eigenvalue weighted by atomic mass is 35.5. The number of nitriles is 5. The lowest BCUT2D eigenvalue weighted by molar-refractivity contribution is -0.180. The van der Waals surface area contributed by atoms with E-state index in [1.54, 1.807) is 24.5 Å². The van der Waals surface area contributed by atoms with Gasteiger partial charge in [0.1, 0.15) is 42.9 Å². The van der Waals surface area contributed by atoms with Crippen molar-refractivity contribution in [3.05, 3.63) is 35.9 Å². The van der Waals surface area contributed by atoms with Crippen LogP contribution in [0.5, 0.6) is 0 Å². The van der Waals surface area contributed by atoms with Gasteiger partial charge in [-0.15, -0.1) is 37.2 Å². The molecule has 5 saturated heterocycles. The third-order valence-electron chi connectivity index (χ3n) is 39.0. The molecule has 1 aromatic rings. The number of carbonyl (C=O) groups excluding carboxylic acids is 6. The fourth-order valence-electron chi connectivity index (χ4n) is 35.9. The fraction of sp³-hybridized carbons (Fsp3) is 0.827. The highest BCUT2D eigenvalue weighted by molar-refractivity contribution is 5.89. The van der Waals surface area contributed by atoms with Crippen molar-refractivity contribution < 1.29 is 59.0 Å². The van der Waals surface area contributed by atoms with Crippen LogP contribution in [-0.2, 0) is 35.3 Å². The number of fused-ring (bicyclic) bond motifs is 5. The van der Waals surface area contributed by atoms with Crippen molar-refractivity contribution in [2.45, 2.75) is 382 Å². The van der Waals surface area contributed by atoms with Crippen molar-refractivity contribution in [2.24, 2.45) is 139 Å². The molecule has 20 bridgehead atoms. The predicted molar refractivity (Wildman–Crippen MR) is 471 cm³/mol. The number of carbonyl (C=O) groups is 6. The van der Waals surface area contributed by atoms with Gasteiger partial charge in [0.25, 0.3) is 0 Å². The van der Waals surface area contributed by atoms with Crippen molar-refractivity contribution in [3.63, 3.8) is 0 Å². The average molecular weight is 1820 g/mol. The summed E-state index contributed by atoms with van der Waals surface area (Å²) in [4.78, 5) is 88.5. The average Bonchev–Trinajstić information content (AvgIpc) is 0.983. The Labute approximate surface area is 770 Å². The molecule has 1 aromatic carbocycles. The number of benzene rings is 1. The van der Waals surface area contributed by atoms with Gasteiger partial charge in [0.05, 0.1) is 82.5 Å². The number of aliphatic hydroxyl groups is 5. The largest absolute Gasteiger partial charge is 0.445 e. The first-order valence-electron chi connectivity index (χ1n) is 48.8. The monoisotopic (exact) mass is 1820 g/mol. The number of piperidine rings is 5. The van der Waals surface area contributed by atoms with Crippen LogP contribution in [0.2, 0.25) is 0 Å². The van der Waals surface area contributed by atoms with E-state index in [9.17, 15) is 80.6 Å². The molecule has 14 N–H and O–H groups in total. The van der Waals surface area contributed by atoms with Crippen LogP contribution in [0.25, 0.3) is 0 Å². The molecule has 30 atom stereocenters. The van der Waals surface area contributed by atoms with E-state index < -0.39 is 75.8 Å². The summed E-state index contributed by atoms with van der Waals surface area (Å²) in [5.41, 5.74) is 22.5. The van der Waals surface area contributed by atoms with Gasteiger partial charge in [-0.1, -0.05) is 30.3 Å². The zero-order valence-electron chi connectivity index (χ0n) is 73.8.